The maximum atomic E-state index is 9.91. The molecule has 0 saturated heterocycles. The van der Waals surface area contributed by atoms with Gasteiger partial charge in [0.2, 0.25) is 0 Å². The highest BCUT2D eigenvalue weighted by Crippen LogP contribution is 2.16. The summed E-state index contributed by atoms with van der Waals surface area (Å²) < 4.78 is 0. The minimum absolute atomic E-state index is 0.0879. The van der Waals surface area contributed by atoms with Crippen LogP contribution in [0, 0.1) is 5.92 Å². The molecule has 1 aromatic carbocycles. The Morgan fingerprint density at radius 2 is 1.93 bits per heavy atom. The van der Waals surface area contributed by atoms with Crippen LogP contribution in [0.4, 0.5) is 0 Å². The number of rotatable bonds is 4. The molecule has 1 heteroatoms. The molecule has 1 aromatic rings. The second-order valence-electron chi connectivity index (χ2n) is 3.84. The van der Waals surface area contributed by atoms with Crippen molar-refractivity contribution in [1.29, 1.82) is 0 Å². The lowest BCUT2D eigenvalue weighted by Crippen LogP contribution is -2.16. The van der Waals surface area contributed by atoms with Crippen molar-refractivity contribution >= 4 is 6.08 Å². The van der Waals surface area contributed by atoms with Crippen molar-refractivity contribution in [3.05, 3.63) is 54.1 Å². The molecular formula is C14H18O. The predicted molar refractivity (Wildman–Crippen MR) is 65.5 cm³/mol. The zero-order valence-corrected chi connectivity index (χ0v) is 9.35. The number of hydrogen-bond donors (Lipinski definition) is 1. The van der Waals surface area contributed by atoms with Gasteiger partial charge in [0.1, 0.15) is 0 Å². The van der Waals surface area contributed by atoms with Crippen molar-refractivity contribution in [1.82, 2.24) is 0 Å². The molecule has 1 nitrogen and oxygen atoms in total. The van der Waals surface area contributed by atoms with Crippen molar-refractivity contribution in [3.63, 3.8) is 0 Å². The smallest absolute Gasteiger partial charge is 0.0810 e. The van der Waals surface area contributed by atoms with Gasteiger partial charge < -0.3 is 5.11 Å². The van der Waals surface area contributed by atoms with Gasteiger partial charge in [0.25, 0.3) is 0 Å². The Morgan fingerprint density at radius 3 is 2.47 bits per heavy atom. The second-order valence-corrected chi connectivity index (χ2v) is 3.84. The largest absolute Gasteiger partial charge is 0.388 e. The summed E-state index contributed by atoms with van der Waals surface area (Å²) in [5.74, 6) is 0.0879. The molecule has 0 heterocycles. The van der Waals surface area contributed by atoms with Crippen LogP contribution in [0.15, 0.2) is 48.6 Å². The third-order valence-electron chi connectivity index (χ3n) is 2.53. The van der Waals surface area contributed by atoms with Gasteiger partial charge in [0.15, 0.2) is 0 Å². The highest BCUT2D eigenvalue weighted by molar-refractivity contribution is 5.53. The summed E-state index contributed by atoms with van der Waals surface area (Å²) in [4.78, 5) is 0. The monoisotopic (exact) mass is 202 g/mol. The lowest BCUT2D eigenvalue weighted by molar-refractivity contribution is 0.174. The molecule has 0 aromatic heterocycles. The first kappa shape index (κ1) is 11.7. The van der Waals surface area contributed by atoms with Crippen LogP contribution in [0.5, 0.6) is 0 Å². The highest BCUT2D eigenvalue weighted by atomic mass is 16.3. The Morgan fingerprint density at radius 1 is 1.33 bits per heavy atom. The Hall–Kier alpha value is -1.34. The molecule has 0 aliphatic rings. The van der Waals surface area contributed by atoms with Crippen molar-refractivity contribution in [2.75, 3.05) is 0 Å². The Bertz CT molecular complexity index is 338. The molecule has 0 aliphatic heterocycles. The molecule has 1 N–H and O–H groups in total. The summed E-state index contributed by atoms with van der Waals surface area (Å²) in [6.07, 6.45) is 3.33. The third-order valence-corrected chi connectivity index (χ3v) is 2.53. The average molecular weight is 202 g/mol. The fourth-order valence-corrected chi connectivity index (χ4v) is 1.44. The van der Waals surface area contributed by atoms with E-state index in [2.05, 4.69) is 6.58 Å². The van der Waals surface area contributed by atoms with E-state index in [1.54, 1.807) is 6.08 Å². The van der Waals surface area contributed by atoms with E-state index in [1.165, 1.54) is 0 Å². The molecule has 0 unspecified atom stereocenters. The topological polar surface area (TPSA) is 20.2 Å². The molecular weight excluding hydrogens is 184 g/mol. The number of benzene rings is 1. The molecule has 0 fully saturated rings. The first-order valence-electron chi connectivity index (χ1n) is 5.19. The van der Waals surface area contributed by atoms with E-state index in [9.17, 15) is 5.11 Å². The summed E-state index contributed by atoms with van der Waals surface area (Å²) in [5.41, 5.74) is 2.08. The first-order chi connectivity index (χ1) is 7.15. The number of aliphatic hydroxyl groups excluding tert-OH is 1. The predicted octanol–water partition coefficient (Wildman–Crippen LogP) is 3.27. The zero-order chi connectivity index (χ0) is 11.3. The molecule has 15 heavy (non-hydrogen) atoms. The van der Waals surface area contributed by atoms with E-state index in [-0.39, 0.29) is 5.92 Å². The van der Waals surface area contributed by atoms with Crippen LogP contribution in [0.25, 0.3) is 6.08 Å². The van der Waals surface area contributed by atoms with E-state index in [0.29, 0.717) is 0 Å². The van der Waals surface area contributed by atoms with E-state index < -0.39 is 6.10 Å². The third kappa shape index (κ3) is 3.37. The van der Waals surface area contributed by atoms with Gasteiger partial charge in [-0.2, -0.15) is 0 Å². The van der Waals surface area contributed by atoms with E-state index >= 15 is 0 Å². The molecule has 0 bridgehead atoms. The molecule has 0 spiro atoms. The normalized spacial score (nSPS) is 15.8. The Kier molecular flexibility index (Phi) is 4.32. The molecule has 0 amide bonds. The fraction of sp³-hybridized carbons (Fsp3) is 0.286. The quantitative estimate of drug-likeness (QED) is 0.743. The summed E-state index contributed by atoms with van der Waals surface area (Å²) in [5, 5.41) is 9.91. The van der Waals surface area contributed by atoms with Crippen LogP contribution in [0.3, 0.4) is 0 Å². The lowest BCUT2D eigenvalue weighted by Gasteiger charge is -2.15. The maximum Gasteiger partial charge on any atom is 0.0810 e. The molecule has 80 valence electrons. The SMILES string of the molecule is C=C[C@H](C)[C@@H](O)C(C)=Cc1ccccc1. The van der Waals surface area contributed by atoms with E-state index in [0.717, 1.165) is 11.1 Å². The minimum Gasteiger partial charge on any atom is -0.388 e. The molecule has 2 atom stereocenters. The molecule has 0 saturated carbocycles. The number of hydrogen-bond acceptors (Lipinski definition) is 1. The molecule has 0 aliphatic carbocycles. The summed E-state index contributed by atoms with van der Waals surface area (Å²) >= 11 is 0. The van der Waals surface area contributed by atoms with Crippen molar-refractivity contribution < 1.29 is 5.11 Å². The summed E-state index contributed by atoms with van der Waals surface area (Å²) in [6.45, 7) is 7.58. The van der Waals surface area contributed by atoms with Crippen molar-refractivity contribution in [3.8, 4) is 0 Å². The standard InChI is InChI=1S/C14H18O/c1-4-11(2)14(15)12(3)10-13-8-6-5-7-9-13/h4-11,14-15H,1H2,2-3H3/t11-,14+/m0/s1. The summed E-state index contributed by atoms with van der Waals surface area (Å²) in [6, 6.07) is 10.0. The van der Waals surface area contributed by atoms with E-state index in [4.69, 9.17) is 0 Å². The van der Waals surface area contributed by atoms with Gasteiger partial charge in [-0.3, -0.25) is 0 Å². The van der Waals surface area contributed by atoms with Crippen LogP contribution in [-0.4, -0.2) is 11.2 Å². The van der Waals surface area contributed by atoms with Gasteiger partial charge in [-0.1, -0.05) is 49.4 Å². The Labute approximate surface area is 91.8 Å². The Balaban J connectivity index is 2.80. The van der Waals surface area contributed by atoms with E-state index in [1.807, 2.05) is 50.3 Å². The minimum atomic E-state index is -0.442. The summed E-state index contributed by atoms with van der Waals surface area (Å²) in [7, 11) is 0. The van der Waals surface area contributed by atoms with Crippen LogP contribution in [-0.2, 0) is 0 Å². The molecule has 1 rings (SSSR count). The average Bonchev–Trinajstić information content (AvgIpc) is 2.28. The van der Waals surface area contributed by atoms with Crippen LogP contribution >= 0.6 is 0 Å². The second kappa shape index (κ2) is 5.52. The van der Waals surface area contributed by atoms with Crippen molar-refractivity contribution in [2.45, 2.75) is 20.0 Å². The van der Waals surface area contributed by atoms with Crippen LogP contribution in [0.1, 0.15) is 19.4 Å². The zero-order valence-electron chi connectivity index (χ0n) is 9.35. The van der Waals surface area contributed by atoms with Gasteiger partial charge in [0, 0.05) is 5.92 Å². The van der Waals surface area contributed by atoms with Gasteiger partial charge in [0.05, 0.1) is 6.10 Å². The van der Waals surface area contributed by atoms with Crippen LogP contribution < -0.4 is 0 Å². The van der Waals surface area contributed by atoms with Gasteiger partial charge in [-0.05, 0) is 18.1 Å². The van der Waals surface area contributed by atoms with Crippen molar-refractivity contribution in [2.24, 2.45) is 5.92 Å². The fourth-order valence-electron chi connectivity index (χ4n) is 1.44. The van der Waals surface area contributed by atoms with Gasteiger partial charge in [-0.15, -0.1) is 6.58 Å². The lowest BCUT2D eigenvalue weighted by atomic mass is 9.97. The number of aliphatic hydroxyl groups is 1. The molecule has 0 radical (unpaired) electrons. The van der Waals surface area contributed by atoms with Gasteiger partial charge in [-0.25, -0.2) is 0 Å². The highest BCUT2D eigenvalue weighted by Gasteiger charge is 2.12. The first-order valence-corrected chi connectivity index (χ1v) is 5.19. The van der Waals surface area contributed by atoms with Crippen LogP contribution in [0.2, 0.25) is 0 Å². The van der Waals surface area contributed by atoms with Gasteiger partial charge >= 0.3 is 0 Å². The maximum absolute atomic E-state index is 9.91.